The maximum absolute atomic E-state index is 10.1. The SMILES string of the molecule is N#CN=C1c2cc(C#N)c(-c3nc(C#N)c4ccccc4n3)cc2-c2cc(-c3nc(C#N)c4ccccc4n3)c(C#N)cc21. The van der Waals surface area contributed by atoms with E-state index < -0.39 is 0 Å². The van der Waals surface area contributed by atoms with Gasteiger partial charge in [-0.2, -0.15) is 31.3 Å². The highest BCUT2D eigenvalue weighted by Gasteiger charge is 2.30. The Bertz CT molecular complexity index is 2340. The normalized spacial score (nSPS) is 11.0. The molecule has 0 saturated carbocycles. The van der Waals surface area contributed by atoms with Crippen molar-refractivity contribution in [3.05, 3.63) is 106 Å². The zero-order valence-electron chi connectivity index (χ0n) is 22.4. The first-order chi connectivity index (χ1) is 21.6. The van der Waals surface area contributed by atoms with Crippen LogP contribution in [0.3, 0.4) is 0 Å². The molecule has 0 unspecified atom stereocenters. The number of rotatable bonds is 2. The molecule has 0 radical (unpaired) electrons. The molecule has 1 aliphatic carbocycles. The van der Waals surface area contributed by atoms with Gasteiger partial charge in [0.15, 0.2) is 23.0 Å². The molecule has 0 atom stereocenters. The van der Waals surface area contributed by atoms with E-state index in [-0.39, 0.29) is 34.2 Å². The standard InChI is InChI=1S/C34H12N10/c35-13-18-9-26-24(11-22(18)33-41-28-7-3-1-5-20(28)30(15-37)43-33)25-12-23(19(14-36)10-27(25)32(26)40-17-39)34-42-29-8-4-2-6-21(29)31(16-38)44-34/h1-12H. The average molecular weight is 561 g/mol. The van der Waals surface area contributed by atoms with Crippen molar-refractivity contribution in [2.75, 3.05) is 0 Å². The molecular weight excluding hydrogens is 548 g/mol. The maximum Gasteiger partial charge on any atom is 0.206 e. The monoisotopic (exact) mass is 560 g/mol. The van der Waals surface area contributed by atoms with Crippen LogP contribution in [0.4, 0.5) is 0 Å². The molecule has 2 heterocycles. The van der Waals surface area contributed by atoms with Gasteiger partial charge in [0, 0.05) is 33.0 Å². The first-order valence-electron chi connectivity index (χ1n) is 13.1. The molecule has 6 aromatic rings. The van der Waals surface area contributed by atoms with Crippen molar-refractivity contribution in [2.45, 2.75) is 0 Å². The van der Waals surface area contributed by atoms with Crippen molar-refractivity contribution in [1.29, 1.82) is 26.3 Å². The summed E-state index contributed by atoms with van der Waals surface area (Å²) in [6.45, 7) is 0. The van der Waals surface area contributed by atoms with Gasteiger partial charge in [-0.1, -0.05) is 24.3 Å². The van der Waals surface area contributed by atoms with Crippen molar-refractivity contribution in [2.24, 2.45) is 4.99 Å². The Morgan fingerprint density at radius 1 is 0.477 bits per heavy atom. The Labute approximate surface area is 249 Å². The van der Waals surface area contributed by atoms with E-state index in [9.17, 15) is 26.3 Å². The number of aliphatic imine (C=N–C) groups is 1. The average Bonchev–Trinajstić information content (AvgIpc) is 3.37. The first-order valence-corrected chi connectivity index (χ1v) is 13.1. The molecule has 7 rings (SSSR count). The topological polar surface area (TPSA) is 183 Å². The Morgan fingerprint density at radius 2 is 0.932 bits per heavy atom. The largest absolute Gasteiger partial charge is 0.228 e. The summed E-state index contributed by atoms with van der Waals surface area (Å²) in [5.74, 6) is 0.384. The first kappa shape index (κ1) is 25.6. The van der Waals surface area contributed by atoms with Crippen molar-refractivity contribution in [3.8, 4) is 64.4 Å². The molecular formula is C34H12N10. The predicted molar refractivity (Wildman–Crippen MR) is 159 cm³/mol. The van der Waals surface area contributed by atoms with E-state index in [1.165, 1.54) is 0 Å². The Kier molecular flexibility index (Phi) is 5.80. The number of benzene rings is 4. The number of para-hydroxylation sites is 2. The molecule has 0 saturated heterocycles. The van der Waals surface area contributed by atoms with Crippen LogP contribution in [0.15, 0.2) is 77.8 Å². The molecule has 0 N–H and O–H groups in total. The van der Waals surface area contributed by atoms with Crippen LogP contribution in [0.25, 0.3) is 55.7 Å². The number of hydrogen-bond acceptors (Lipinski definition) is 10. The Morgan fingerprint density at radius 3 is 1.34 bits per heavy atom. The van der Waals surface area contributed by atoms with Crippen LogP contribution in [-0.4, -0.2) is 25.6 Å². The fraction of sp³-hybridized carbons (Fsp3) is 0. The van der Waals surface area contributed by atoms with Crippen LogP contribution in [0.2, 0.25) is 0 Å². The van der Waals surface area contributed by atoms with Crippen LogP contribution < -0.4 is 0 Å². The lowest BCUT2D eigenvalue weighted by Gasteiger charge is -2.10. The van der Waals surface area contributed by atoms with Gasteiger partial charge in [-0.05, 0) is 59.7 Å². The fourth-order valence-corrected chi connectivity index (χ4v) is 5.47. The van der Waals surface area contributed by atoms with Gasteiger partial charge in [0.25, 0.3) is 0 Å². The summed E-state index contributed by atoms with van der Waals surface area (Å²) < 4.78 is 0. The fourth-order valence-electron chi connectivity index (χ4n) is 5.47. The van der Waals surface area contributed by atoms with Crippen LogP contribution in [0, 0.1) is 56.8 Å². The lowest BCUT2D eigenvalue weighted by Crippen LogP contribution is -2.02. The summed E-state index contributed by atoms with van der Waals surface area (Å²) in [6.07, 6.45) is 1.83. The molecule has 2 aromatic heterocycles. The minimum Gasteiger partial charge on any atom is -0.228 e. The third-order valence-corrected chi connectivity index (χ3v) is 7.42. The van der Waals surface area contributed by atoms with Crippen molar-refractivity contribution in [1.82, 2.24) is 19.9 Å². The summed E-state index contributed by atoms with van der Waals surface area (Å²) in [4.78, 5) is 22.3. The van der Waals surface area contributed by atoms with Crippen LogP contribution >= 0.6 is 0 Å². The number of aromatic nitrogens is 4. The molecule has 0 bridgehead atoms. The molecule has 198 valence electrons. The Hall–Kier alpha value is -7.32. The zero-order valence-corrected chi connectivity index (χ0v) is 22.4. The van der Waals surface area contributed by atoms with Crippen LogP contribution in [-0.2, 0) is 0 Å². The molecule has 0 amide bonds. The van der Waals surface area contributed by atoms with Gasteiger partial charge in [-0.25, -0.2) is 19.9 Å². The highest BCUT2D eigenvalue weighted by Crippen LogP contribution is 2.43. The molecule has 10 heteroatoms. The van der Waals surface area contributed by atoms with Crippen molar-refractivity contribution in [3.63, 3.8) is 0 Å². The highest BCUT2D eigenvalue weighted by atomic mass is 14.9. The molecule has 0 spiro atoms. The summed E-state index contributed by atoms with van der Waals surface area (Å²) in [5.41, 5.74) is 5.22. The Balaban J connectivity index is 1.51. The van der Waals surface area contributed by atoms with E-state index in [1.54, 1.807) is 72.8 Å². The summed E-state index contributed by atoms with van der Waals surface area (Å²) in [5, 5.41) is 50.6. The molecule has 1 aliphatic rings. The lowest BCUT2D eigenvalue weighted by atomic mass is 9.95. The smallest absolute Gasteiger partial charge is 0.206 e. The third-order valence-electron chi connectivity index (χ3n) is 7.42. The van der Waals surface area contributed by atoms with E-state index in [0.29, 0.717) is 60.9 Å². The summed E-state index contributed by atoms with van der Waals surface area (Å²) >= 11 is 0. The summed E-state index contributed by atoms with van der Waals surface area (Å²) in [7, 11) is 0. The van der Waals surface area contributed by atoms with Gasteiger partial charge in [-0.3, -0.25) is 0 Å². The lowest BCUT2D eigenvalue weighted by molar-refractivity contribution is 1.19. The molecule has 44 heavy (non-hydrogen) atoms. The van der Waals surface area contributed by atoms with Gasteiger partial charge in [0.1, 0.15) is 12.1 Å². The zero-order chi connectivity index (χ0) is 30.4. The van der Waals surface area contributed by atoms with E-state index >= 15 is 0 Å². The minimum atomic E-state index is 0.171. The van der Waals surface area contributed by atoms with Gasteiger partial charge in [0.05, 0.1) is 40.0 Å². The predicted octanol–water partition coefficient (Wildman–Crippen LogP) is 5.69. The molecule has 0 fully saturated rings. The maximum atomic E-state index is 10.1. The van der Waals surface area contributed by atoms with Crippen LogP contribution in [0.5, 0.6) is 0 Å². The van der Waals surface area contributed by atoms with Crippen LogP contribution in [0.1, 0.15) is 33.6 Å². The van der Waals surface area contributed by atoms with Crippen molar-refractivity contribution >= 4 is 27.5 Å². The third kappa shape index (κ3) is 3.80. The highest BCUT2D eigenvalue weighted by molar-refractivity contribution is 6.26. The van der Waals surface area contributed by atoms with E-state index in [0.717, 1.165) is 0 Å². The number of hydrogen-bond donors (Lipinski definition) is 0. The number of fused-ring (bicyclic) bond motifs is 5. The van der Waals surface area contributed by atoms with Gasteiger partial charge < -0.3 is 0 Å². The number of nitriles is 5. The molecule has 4 aromatic carbocycles. The molecule has 0 aliphatic heterocycles. The van der Waals surface area contributed by atoms with E-state index in [1.807, 2.05) is 6.19 Å². The number of nitrogens with zero attached hydrogens (tertiary/aromatic N) is 10. The second kappa shape index (κ2) is 9.95. The van der Waals surface area contributed by atoms with E-state index in [2.05, 4.69) is 49.2 Å². The van der Waals surface area contributed by atoms with E-state index in [4.69, 9.17) is 0 Å². The summed E-state index contributed by atoms with van der Waals surface area (Å²) in [6, 6.07) is 29.5. The van der Waals surface area contributed by atoms with Crippen molar-refractivity contribution < 1.29 is 0 Å². The second-order valence-electron chi connectivity index (χ2n) is 9.72. The minimum absolute atomic E-state index is 0.171. The van der Waals surface area contributed by atoms with Gasteiger partial charge >= 0.3 is 0 Å². The van der Waals surface area contributed by atoms with Gasteiger partial charge in [0.2, 0.25) is 6.19 Å². The molecule has 10 nitrogen and oxygen atoms in total. The van der Waals surface area contributed by atoms with Gasteiger partial charge in [-0.15, -0.1) is 0 Å². The quantitative estimate of drug-likeness (QED) is 0.240. The second-order valence-corrected chi connectivity index (χ2v) is 9.72.